The maximum Gasteiger partial charge on any atom is 0.343 e. The summed E-state index contributed by atoms with van der Waals surface area (Å²) in [4.78, 5) is 29.9. The average Bonchev–Trinajstić information content (AvgIpc) is 3.39. The SMILES string of the molecule is CCOC(=O)c1cnn(-c2cc(C)c3cc(C)cc(C)c3n2)c1NC(=O)c1ccco1. The molecule has 4 aromatic rings. The third-order valence-electron chi connectivity index (χ3n) is 4.90. The summed E-state index contributed by atoms with van der Waals surface area (Å²) >= 11 is 0. The molecule has 1 aromatic carbocycles. The molecule has 0 radical (unpaired) electrons. The molecule has 1 amide bonds. The van der Waals surface area contributed by atoms with Crippen molar-refractivity contribution in [1.82, 2.24) is 14.8 Å². The molecule has 3 aromatic heterocycles. The van der Waals surface area contributed by atoms with Crippen LogP contribution in [0.4, 0.5) is 5.82 Å². The van der Waals surface area contributed by atoms with Gasteiger partial charge in [0.1, 0.15) is 5.56 Å². The maximum absolute atomic E-state index is 12.6. The number of esters is 1. The minimum Gasteiger partial charge on any atom is -0.462 e. The molecule has 31 heavy (non-hydrogen) atoms. The largest absolute Gasteiger partial charge is 0.462 e. The molecule has 0 bridgehead atoms. The highest BCUT2D eigenvalue weighted by Gasteiger charge is 2.24. The Hall–Kier alpha value is -3.94. The molecular formula is C23H22N4O4. The number of benzene rings is 1. The number of nitrogens with one attached hydrogen (secondary N) is 1. The van der Waals surface area contributed by atoms with Gasteiger partial charge in [-0.2, -0.15) is 9.78 Å². The van der Waals surface area contributed by atoms with E-state index in [2.05, 4.69) is 22.5 Å². The smallest absolute Gasteiger partial charge is 0.343 e. The van der Waals surface area contributed by atoms with E-state index in [1.807, 2.05) is 26.8 Å². The number of anilines is 1. The molecule has 4 rings (SSSR count). The molecule has 1 N–H and O–H groups in total. The second kappa shape index (κ2) is 8.06. The molecule has 0 aliphatic carbocycles. The minimum absolute atomic E-state index is 0.108. The van der Waals surface area contributed by atoms with E-state index in [9.17, 15) is 9.59 Å². The van der Waals surface area contributed by atoms with E-state index in [1.54, 1.807) is 13.0 Å². The van der Waals surface area contributed by atoms with Gasteiger partial charge in [0.05, 0.1) is 24.6 Å². The Balaban J connectivity index is 1.86. The lowest BCUT2D eigenvalue weighted by Gasteiger charge is -2.13. The van der Waals surface area contributed by atoms with Gasteiger partial charge in [-0.3, -0.25) is 4.79 Å². The highest BCUT2D eigenvalue weighted by molar-refractivity contribution is 6.06. The molecule has 0 saturated heterocycles. The van der Waals surface area contributed by atoms with Crippen LogP contribution in [0.25, 0.3) is 16.7 Å². The zero-order valence-corrected chi connectivity index (χ0v) is 17.7. The number of hydrogen-bond donors (Lipinski definition) is 1. The van der Waals surface area contributed by atoms with Gasteiger partial charge in [-0.1, -0.05) is 11.6 Å². The van der Waals surface area contributed by atoms with Gasteiger partial charge in [0.15, 0.2) is 17.4 Å². The summed E-state index contributed by atoms with van der Waals surface area (Å²) in [6.45, 7) is 7.94. The number of fused-ring (bicyclic) bond motifs is 1. The molecule has 158 valence electrons. The van der Waals surface area contributed by atoms with Gasteiger partial charge in [-0.05, 0) is 63.1 Å². The summed E-state index contributed by atoms with van der Waals surface area (Å²) in [5.41, 5.74) is 4.14. The Kier molecular flexibility index (Phi) is 5.29. The van der Waals surface area contributed by atoms with Crippen molar-refractivity contribution in [3.8, 4) is 5.82 Å². The molecule has 8 heteroatoms. The highest BCUT2D eigenvalue weighted by atomic mass is 16.5. The van der Waals surface area contributed by atoms with Crippen LogP contribution in [0.1, 0.15) is 44.5 Å². The van der Waals surface area contributed by atoms with E-state index < -0.39 is 11.9 Å². The summed E-state index contributed by atoms with van der Waals surface area (Å²) in [6, 6.07) is 9.15. The normalized spacial score (nSPS) is 11.0. The average molecular weight is 418 g/mol. The van der Waals surface area contributed by atoms with Gasteiger partial charge in [-0.15, -0.1) is 0 Å². The number of pyridine rings is 1. The Morgan fingerprint density at radius 3 is 2.68 bits per heavy atom. The second-order valence-electron chi connectivity index (χ2n) is 7.25. The molecule has 0 aliphatic rings. The fourth-order valence-electron chi connectivity index (χ4n) is 3.51. The van der Waals surface area contributed by atoms with Crippen LogP contribution < -0.4 is 5.32 Å². The van der Waals surface area contributed by atoms with E-state index >= 15 is 0 Å². The number of carbonyl (C=O) groups excluding carboxylic acids is 2. The molecule has 3 heterocycles. The third kappa shape index (κ3) is 3.79. The predicted molar refractivity (Wildman–Crippen MR) is 116 cm³/mol. The fourth-order valence-corrected chi connectivity index (χ4v) is 3.51. The van der Waals surface area contributed by atoms with Gasteiger partial charge in [0.25, 0.3) is 5.91 Å². The van der Waals surface area contributed by atoms with Gasteiger partial charge < -0.3 is 14.5 Å². The summed E-state index contributed by atoms with van der Waals surface area (Å²) in [5, 5.41) is 8.09. The van der Waals surface area contributed by atoms with Crippen molar-refractivity contribution < 1.29 is 18.7 Å². The van der Waals surface area contributed by atoms with Crippen LogP contribution in [0, 0.1) is 20.8 Å². The van der Waals surface area contributed by atoms with Gasteiger partial charge in [0.2, 0.25) is 0 Å². The Bertz CT molecular complexity index is 1290. The van der Waals surface area contributed by atoms with Crippen LogP contribution in [0.5, 0.6) is 0 Å². The molecule has 0 aliphatic heterocycles. The molecule has 8 nitrogen and oxygen atoms in total. The zero-order valence-electron chi connectivity index (χ0n) is 17.7. The first kappa shape index (κ1) is 20.3. The number of amides is 1. The van der Waals surface area contributed by atoms with Gasteiger partial charge >= 0.3 is 5.97 Å². The van der Waals surface area contributed by atoms with E-state index in [4.69, 9.17) is 14.1 Å². The van der Waals surface area contributed by atoms with Crippen molar-refractivity contribution in [1.29, 1.82) is 0 Å². The molecule has 0 unspecified atom stereocenters. The van der Waals surface area contributed by atoms with Crippen LogP contribution >= 0.6 is 0 Å². The van der Waals surface area contributed by atoms with E-state index in [0.29, 0.717) is 5.82 Å². The van der Waals surface area contributed by atoms with Crippen molar-refractivity contribution >= 4 is 28.6 Å². The summed E-state index contributed by atoms with van der Waals surface area (Å²) in [6.07, 6.45) is 2.76. The van der Waals surface area contributed by atoms with Gasteiger partial charge in [-0.25, -0.2) is 9.78 Å². The molecular weight excluding hydrogens is 396 g/mol. The maximum atomic E-state index is 12.6. The van der Waals surface area contributed by atoms with Crippen LogP contribution in [0.3, 0.4) is 0 Å². The first-order valence-electron chi connectivity index (χ1n) is 9.88. The predicted octanol–water partition coefficient (Wildman–Crippen LogP) is 4.37. The van der Waals surface area contributed by atoms with E-state index in [-0.39, 0.29) is 23.7 Å². The summed E-state index contributed by atoms with van der Waals surface area (Å²) in [5.74, 6) is -0.357. The standard InChI is InChI=1S/C23H22N4O4/c1-5-30-23(29)17-12-24-27(21(17)26-22(28)18-7-6-8-31-18)19-11-14(3)16-10-13(2)9-15(4)20(16)25-19/h6-12H,5H2,1-4H3,(H,26,28). The monoisotopic (exact) mass is 418 g/mol. The number of nitrogens with zero attached hydrogens (tertiary/aromatic N) is 3. The zero-order chi connectivity index (χ0) is 22.1. The summed E-state index contributed by atoms with van der Waals surface area (Å²) in [7, 11) is 0. The Morgan fingerprint density at radius 1 is 1.16 bits per heavy atom. The topological polar surface area (TPSA) is 99.2 Å². The Labute approximate surface area is 178 Å². The van der Waals surface area contributed by atoms with Crippen LogP contribution in [-0.4, -0.2) is 33.2 Å². The lowest BCUT2D eigenvalue weighted by molar-refractivity contribution is 0.0527. The van der Waals surface area contributed by atoms with Crippen molar-refractivity contribution in [3.05, 3.63) is 70.8 Å². The van der Waals surface area contributed by atoms with E-state index in [1.165, 1.54) is 23.2 Å². The van der Waals surface area contributed by atoms with Crippen LogP contribution in [0.2, 0.25) is 0 Å². The quantitative estimate of drug-likeness (QED) is 0.483. The summed E-state index contributed by atoms with van der Waals surface area (Å²) < 4.78 is 11.7. The Morgan fingerprint density at radius 2 is 1.97 bits per heavy atom. The molecule has 0 atom stereocenters. The van der Waals surface area contributed by atoms with Gasteiger partial charge in [0, 0.05) is 5.39 Å². The third-order valence-corrected chi connectivity index (χ3v) is 4.90. The lowest BCUT2D eigenvalue weighted by atomic mass is 10.0. The second-order valence-corrected chi connectivity index (χ2v) is 7.25. The van der Waals surface area contributed by atoms with Crippen molar-refractivity contribution in [2.24, 2.45) is 0 Å². The number of furan rings is 1. The number of aryl methyl sites for hydroxylation is 3. The number of carbonyl (C=O) groups is 2. The number of ether oxygens (including phenoxy) is 1. The minimum atomic E-state index is -0.590. The first-order valence-corrected chi connectivity index (χ1v) is 9.88. The van der Waals surface area contributed by atoms with E-state index in [0.717, 1.165) is 27.6 Å². The number of hydrogen-bond acceptors (Lipinski definition) is 6. The molecule has 0 saturated carbocycles. The molecule has 0 fully saturated rings. The molecule has 0 spiro atoms. The highest BCUT2D eigenvalue weighted by Crippen LogP contribution is 2.27. The number of rotatable bonds is 5. The van der Waals surface area contributed by atoms with Crippen LogP contribution in [0.15, 0.2) is 47.2 Å². The lowest BCUT2D eigenvalue weighted by Crippen LogP contribution is -2.18. The fraction of sp³-hybridized carbons (Fsp3) is 0.217. The van der Waals surface area contributed by atoms with Crippen molar-refractivity contribution in [3.63, 3.8) is 0 Å². The number of aromatic nitrogens is 3. The van der Waals surface area contributed by atoms with Crippen LogP contribution in [-0.2, 0) is 4.74 Å². The first-order chi connectivity index (χ1) is 14.9. The van der Waals surface area contributed by atoms with Crippen molar-refractivity contribution in [2.75, 3.05) is 11.9 Å². The van der Waals surface area contributed by atoms with Crippen molar-refractivity contribution in [2.45, 2.75) is 27.7 Å².